The van der Waals surface area contributed by atoms with Gasteiger partial charge in [-0.1, -0.05) is 103 Å². The molecule has 11 aromatic rings. The van der Waals surface area contributed by atoms with Crippen LogP contribution in [0.4, 0.5) is 0 Å². The third-order valence-electron chi connectivity index (χ3n) is 9.76. The Kier molecular flexibility index (Phi) is 6.26. The molecule has 0 saturated carbocycles. The second-order valence-corrected chi connectivity index (χ2v) is 14.9. The smallest absolute Gasteiger partial charge is 0.165 e. The zero-order valence-corrected chi connectivity index (χ0v) is 28.6. The third-order valence-corrected chi connectivity index (χ3v) is 12.1. The number of hydrogen-bond acceptors (Lipinski definition) is 6. The molecule has 0 radical (unpaired) electrons. The average Bonchev–Trinajstić information content (AvgIpc) is 3.89. The van der Waals surface area contributed by atoms with Crippen molar-refractivity contribution in [3.8, 4) is 45.3 Å². The topological polar surface area (TPSA) is 51.8 Å². The number of furan rings is 1. The van der Waals surface area contributed by atoms with E-state index in [9.17, 15) is 0 Å². The van der Waals surface area contributed by atoms with Gasteiger partial charge in [0.25, 0.3) is 0 Å². The highest BCUT2D eigenvalue weighted by atomic mass is 32.1. The fourth-order valence-electron chi connectivity index (χ4n) is 7.32. The standard InChI is InChI=1S/C45H25N3OS2/c1-2-10-26(11-3-1)43-46-44(28-21-23-39-35(25-28)31-13-5-7-19-38(31)50-39)48-45(47-43)34-17-9-16-33-36-24-27(20-22-40(36)51-42(33)34)29-14-8-15-32-30-12-4-6-18-37(30)49-41(29)32/h1-25H. The van der Waals surface area contributed by atoms with Crippen LogP contribution in [0.5, 0.6) is 0 Å². The van der Waals surface area contributed by atoms with Crippen LogP contribution in [0.2, 0.25) is 0 Å². The van der Waals surface area contributed by atoms with Gasteiger partial charge in [0, 0.05) is 73.4 Å². The van der Waals surface area contributed by atoms with Crippen molar-refractivity contribution in [3.05, 3.63) is 152 Å². The minimum absolute atomic E-state index is 0.658. The summed E-state index contributed by atoms with van der Waals surface area (Å²) in [5, 5.41) is 7.12. The van der Waals surface area contributed by atoms with Gasteiger partial charge in [0.15, 0.2) is 17.5 Å². The molecule has 4 nitrogen and oxygen atoms in total. The number of nitrogens with zero attached hydrogens (tertiary/aromatic N) is 3. The molecule has 0 amide bonds. The summed E-state index contributed by atoms with van der Waals surface area (Å²) in [7, 11) is 0. The molecule has 0 aliphatic carbocycles. The summed E-state index contributed by atoms with van der Waals surface area (Å²) in [5.74, 6) is 1.99. The summed E-state index contributed by atoms with van der Waals surface area (Å²) in [6.45, 7) is 0. The first-order valence-corrected chi connectivity index (χ1v) is 18.5. The fourth-order valence-corrected chi connectivity index (χ4v) is 9.60. The van der Waals surface area contributed by atoms with Crippen LogP contribution in [-0.2, 0) is 0 Å². The largest absolute Gasteiger partial charge is 0.455 e. The number of hydrogen-bond donors (Lipinski definition) is 0. The van der Waals surface area contributed by atoms with E-state index >= 15 is 0 Å². The zero-order valence-electron chi connectivity index (χ0n) is 27.0. The Bertz CT molecular complexity index is 3160. The van der Waals surface area contributed by atoms with Crippen LogP contribution >= 0.6 is 22.7 Å². The van der Waals surface area contributed by atoms with Crippen LogP contribution in [0.25, 0.3) is 108 Å². The van der Waals surface area contributed by atoms with E-state index in [0.717, 1.165) is 54.5 Å². The lowest BCUT2D eigenvalue weighted by Gasteiger charge is -2.09. The third kappa shape index (κ3) is 4.54. The molecule has 0 N–H and O–H groups in total. The lowest BCUT2D eigenvalue weighted by Crippen LogP contribution is -2.00. The molecule has 0 spiro atoms. The van der Waals surface area contributed by atoms with Gasteiger partial charge in [-0.3, -0.25) is 0 Å². The van der Waals surface area contributed by atoms with Crippen LogP contribution in [-0.4, -0.2) is 15.0 Å². The molecule has 6 heteroatoms. The first-order valence-electron chi connectivity index (χ1n) is 16.8. The summed E-state index contributed by atoms with van der Waals surface area (Å²) in [6, 6.07) is 53.2. The maximum absolute atomic E-state index is 6.41. The molecular formula is C45H25N3OS2. The van der Waals surface area contributed by atoms with Gasteiger partial charge in [-0.15, -0.1) is 22.7 Å². The van der Waals surface area contributed by atoms with Crippen LogP contribution in [0, 0.1) is 0 Å². The number of benzene rings is 7. The first kappa shape index (κ1) is 28.6. The van der Waals surface area contributed by atoms with Gasteiger partial charge < -0.3 is 4.42 Å². The highest BCUT2D eigenvalue weighted by Crippen LogP contribution is 2.43. The Labute approximate surface area is 299 Å². The molecule has 0 aliphatic rings. The van der Waals surface area contributed by atoms with Gasteiger partial charge in [0.1, 0.15) is 11.2 Å². The lowest BCUT2D eigenvalue weighted by atomic mass is 10.00. The molecule has 11 rings (SSSR count). The summed E-state index contributed by atoms with van der Waals surface area (Å²) >= 11 is 3.59. The van der Waals surface area contributed by atoms with Gasteiger partial charge in [-0.2, -0.15) is 0 Å². The van der Waals surface area contributed by atoms with Crippen molar-refractivity contribution in [3.63, 3.8) is 0 Å². The minimum atomic E-state index is 0.658. The van der Waals surface area contributed by atoms with Crippen molar-refractivity contribution < 1.29 is 4.42 Å². The molecule has 0 aliphatic heterocycles. The second-order valence-electron chi connectivity index (χ2n) is 12.8. The van der Waals surface area contributed by atoms with Gasteiger partial charge >= 0.3 is 0 Å². The van der Waals surface area contributed by atoms with Crippen LogP contribution in [0.1, 0.15) is 0 Å². The van der Waals surface area contributed by atoms with E-state index in [1.54, 1.807) is 11.3 Å². The van der Waals surface area contributed by atoms with Crippen molar-refractivity contribution in [1.29, 1.82) is 0 Å². The predicted octanol–water partition coefficient (Wildman–Crippen LogP) is 13.2. The Morgan fingerprint density at radius 2 is 0.980 bits per heavy atom. The molecule has 0 atom stereocenters. The first-order chi connectivity index (χ1) is 25.2. The van der Waals surface area contributed by atoms with E-state index in [4.69, 9.17) is 19.4 Å². The summed E-state index contributed by atoms with van der Waals surface area (Å²) in [4.78, 5) is 15.4. The highest BCUT2D eigenvalue weighted by Gasteiger charge is 2.19. The molecular weight excluding hydrogens is 663 g/mol. The predicted molar refractivity (Wildman–Crippen MR) is 215 cm³/mol. The Morgan fingerprint density at radius 3 is 1.86 bits per heavy atom. The van der Waals surface area contributed by atoms with E-state index in [1.165, 1.54) is 35.6 Å². The van der Waals surface area contributed by atoms with Gasteiger partial charge in [0.2, 0.25) is 0 Å². The van der Waals surface area contributed by atoms with E-state index in [-0.39, 0.29) is 0 Å². The van der Waals surface area contributed by atoms with Gasteiger partial charge in [-0.25, -0.2) is 15.0 Å². The van der Waals surface area contributed by atoms with Crippen molar-refractivity contribution in [2.45, 2.75) is 0 Å². The highest BCUT2D eigenvalue weighted by molar-refractivity contribution is 7.26. The molecule has 4 heterocycles. The Morgan fingerprint density at radius 1 is 0.373 bits per heavy atom. The molecule has 4 aromatic heterocycles. The summed E-state index contributed by atoms with van der Waals surface area (Å²) < 4.78 is 11.3. The lowest BCUT2D eigenvalue weighted by molar-refractivity contribution is 0.670. The fraction of sp³-hybridized carbons (Fsp3) is 0. The van der Waals surface area contributed by atoms with E-state index in [2.05, 4.69) is 121 Å². The normalized spacial score (nSPS) is 11.9. The molecule has 0 bridgehead atoms. The summed E-state index contributed by atoms with van der Waals surface area (Å²) in [5.41, 5.74) is 6.96. The molecule has 0 unspecified atom stereocenters. The van der Waals surface area contributed by atoms with E-state index in [0.29, 0.717) is 17.5 Å². The second kappa shape index (κ2) is 11.2. The molecule has 7 aromatic carbocycles. The zero-order chi connectivity index (χ0) is 33.5. The maximum Gasteiger partial charge on any atom is 0.165 e. The van der Waals surface area contributed by atoms with Crippen molar-refractivity contribution in [1.82, 2.24) is 15.0 Å². The number of para-hydroxylation sites is 2. The van der Waals surface area contributed by atoms with Gasteiger partial charge in [0.05, 0.1) is 0 Å². The van der Waals surface area contributed by atoms with Crippen molar-refractivity contribution in [2.75, 3.05) is 0 Å². The number of fused-ring (bicyclic) bond motifs is 9. The van der Waals surface area contributed by atoms with Crippen LogP contribution in [0.15, 0.2) is 156 Å². The van der Waals surface area contributed by atoms with Crippen LogP contribution < -0.4 is 0 Å². The minimum Gasteiger partial charge on any atom is -0.455 e. The van der Waals surface area contributed by atoms with Crippen molar-refractivity contribution >= 4 is 85.0 Å². The molecule has 0 fully saturated rings. The SMILES string of the molecule is c1ccc(-c2nc(-c3ccc4sc5ccccc5c4c3)nc(-c3cccc4c3sc3ccc(-c5cccc6c5oc5ccccc56)cc34)n2)cc1. The molecule has 238 valence electrons. The number of thiophene rings is 2. The van der Waals surface area contributed by atoms with Crippen molar-refractivity contribution in [2.24, 2.45) is 0 Å². The molecule has 0 saturated heterocycles. The Hall–Kier alpha value is -6.21. The number of rotatable bonds is 4. The molecule has 51 heavy (non-hydrogen) atoms. The summed E-state index contributed by atoms with van der Waals surface area (Å²) in [6.07, 6.45) is 0. The average molecular weight is 688 g/mol. The maximum atomic E-state index is 6.41. The van der Waals surface area contributed by atoms with Crippen LogP contribution in [0.3, 0.4) is 0 Å². The van der Waals surface area contributed by atoms with E-state index in [1.807, 2.05) is 41.7 Å². The Balaban J connectivity index is 1.09. The quantitative estimate of drug-likeness (QED) is 0.185. The monoisotopic (exact) mass is 687 g/mol. The number of aromatic nitrogens is 3. The van der Waals surface area contributed by atoms with E-state index < -0.39 is 0 Å². The van der Waals surface area contributed by atoms with Gasteiger partial charge in [-0.05, 0) is 54.1 Å².